The van der Waals surface area contributed by atoms with Gasteiger partial charge in [0, 0.05) is 31.9 Å². The fourth-order valence-corrected chi connectivity index (χ4v) is 3.02. The third-order valence-corrected chi connectivity index (χ3v) is 4.75. The Kier molecular flexibility index (Phi) is 5.36. The quantitative estimate of drug-likeness (QED) is 0.648. The van der Waals surface area contributed by atoms with Gasteiger partial charge in [-0.1, -0.05) is 19.4 Å². The first kappa shape index (κ1) is 16.1. The van der Waals surface area contributed by atoms with Crippen LogP contribution in [-0.2, 0) is 6.54 Å². The average molecular weight is 316 g/mol. The Morgan fingerprint density at radius 3 is 2.70 bits per heavy atom. The van der Waals surface area contributed by atoms with Crippen LogP contribution in [0.2, 0.25) is 0 Å². The molecule has 1 heterocycles. The molecule has 2 saturated carbocycles. The van der Waals surface area contributed by atoms with Crippen molar-refractivity contribution in [3.05, 3.63) is 23.9 Å². The summed E-state index contributed by atoms with van der Waals surface area (Å²) in [6, 6.07) is 4.63. The van der Waals surface area contributed by atoms with Crippen molar-refractivity contribution in [1.29, 1.82) is 0 Å². The van der Waals surface area contributed by atoms with E-state index in [0.29, 0.717) is 12.1 Å². The summed E-state index contributed by atoms with van der Waals surface area (Å²) in [6.45, 7) is 2.97. The molecule has 1 aromatic heterocycles. The third-order valence-electron chi connectivity index (χ3n) is 4.75. The summed E-state index contributed by atoms with van der Waals surface area (Å²) in [6.07, 6.45) is 9.68. The fraction of sp³-hybridized carbons (Fsp3) is 0.667. The summed E-state index contributed by atoms with van der Waals surface area (Å²) in [5, 5.41) is 6.76. The van der Waals surface area contributed by atoms with Crippen LogP contribution in [0.3, 0.4) is 0 Å². The van der Waals surface area contributed by atoms with Gasteiger partial charge in [-0.25, -0.2) is 4.98 Å². The van der Waals surface area contributed by atoms with Crippen LogP contribution in [-0.4, -0.2) is 30.1 Å². The predicted octanol–water partition coefficient (Wildman–Crippen LogP) is 2.87. The highest BCUT2D eigenvalue weighted by Crippen LogP contribution is 2.28. The molecule has 0 bridgehead atoms. The second-order valence-electron chi connectivity index (χ2n) is 6.77. The average Bonchev–Trinajstić information content (AvgIpc) is 3.28. The molecule has 23 heavy (non-hydrogen) atoms. The Bertz CT molecular complexity index is 522. The van der Waals surface area contributed by atoms with Crippen LogP contribution in [0.25, 0.3) is 0 Å². The van der Waals surface area contributed by atoms with Crippen LogP contribution in [0, 0.1) is 5.92 Å². The number of nitrogens with zero attached hydrogens (tertiary/aromatic N) is 2. The molecule has 126 valence electrons. The molecular weight excluding hydrogens is 288 g/mol. The van der Waals surface area contributed by atoms with Gasteiger partial charge in [-0.3, -0.25) is 4.99 Å². The molecule has 0 spiro atoms. The SMILES string of the molecule is CN=C(NCc1ccc(OC2CCCCC2)nc1)NC1CC1C. The Hall–Kier alpha value is -1.78. The molecule has 2 atom stereocenters. The van der Waals surface area contributed by atoms with E-state index < -0.39 is 0 Å². The summed E-state index contributed by atoms with van der Waals surface area (Å²) < 4.78 is 5.96. The van der Waals surface area contributed by atoms with Crippen molar-refractivity contribution in [2.75, 3.05) is 7.05 Å². The van der Waals surface area contributed by atoms with E-state index in [1.165, 1.54) is 25.7 Å². The van der Waals surface area contributed by atoms with Crippen LogP contribution >= 0.6 is 0 Å². The number of ether oxygens (including phenoxy) is 1. The van der Waals surface area contributed by atoms with Crippen molar-refractivity contribution >= 4 is 5.96 Å². The molecule has 2 N–H and O–H groups in total. The van der Waals surface area contributed by atoms with Crippen LogP contribution in [0.15, 0.2) is 23.3 Å². The zero-order valence-corrected chi connectivity index (χ0v) is 14.2. The van der Waals surface area contributed by atoms with Crippen LogP contribution in [0.5, 0.6) is 5.88 Å². The van der Waals surface area contributed by atoms with Crippen LogP contribution in [0.1, 0.15) is 51.0 Å². The van der Waals surface area contributed by atoms with Gasteiger partial charge in [0.25, 0.3) is 0 Å². The zero-order valence-electron chi connectivity index (χ0n) is 14.2. The lowest BCUT2D eigenvalue weighted by Gasteiger charge is -2.22. The summed E-state index contributed by atoms with van der Waals surface area (Å²) in [5.74, 6) is 2.36. The number of aliphatic imine (C=N–C) groups is 1. The van der Waals surface area contributed by atoms with Crippen LogP contribution < -0.4 is 15.4 Å². The van der Waals surface area contributed by atoms with Gasteiger partial charge in [-0.2, -0.15) is 0 Å². The molecular formula is C18H28N4O. The van der Waals surface area contributed by atoms with E-state index in [2.05, 4.69) is 33.6 Å². The predicted molar refractivity (Wildman–Crippen MR) is 92.6 cm³/mol. The number of rotatable bonds is 5. The summed E-state index contributed by atoms with van der Waals surface area (Å²) in [5.41, 5.74) is 1.13. The molecule has 0 saturated heterocycles. The zero-order chi connectivity index (χ0) is 16.1. The van der Waals surface area contributed by atoms with Crippen molar-refractivity contribution in [2.45, 2.75) is 64.1 Å². The van der Waals surface area contributed by atoms with E-state index in [9.17, 15) is 0 Å². The monoisotopic (exact) mass is 316 g/mol. The van der Waals surface area contributed by atoms with Gasteiger partial charge in [0.2, 0.25) is 5.88 Å². The van der Waals surface area contributed by atoms with Gasteiger partial charge in [0.15, 0.2) is 5.96 Å². The highest BCUT2D eigenvalue weighted by molar-refractivity contribution is 5.80. The van der Waals surface area contributed by atoms with Gasteiger partial charge >= 0.3 is 0 Å². The highest BCUT2D eigenvalue weighted by atomic mass is 16.5. The molecule has 5 nitrogen and oxygen atoms in total. The second-order valence-corrected chi connectivity index (χ2v) is 6.77. The number of aromatic nitrogens is 1. The Balaban J connectivity index is 1.45. The standard InChI is InChI=1S/C18H28N4O/c1-13-10-16(13)22-18(19-2)21-12-14-8-9-17(20-11-14)23-15-6-4-3-5-7-15/h8-9,11,13,15-16H,3-7,10,12H2,1-2H3,(H2,19,21,22). The lowest BCUT2D eigenvalue weighted by molar-refractivity contribution is 0.148. The smallest absolute Gasteiger partial charge is 0.213 e. The first-order valence-electron chi connectivity index (χ1n) is 8.83. The molecule has 2 fully saturated rings. The summed E-state index contributed by atoms with van der Waals surface area (Å²) >= 11 is 0. The number of nitrogens with one attached hydrogen (secondary N) is 2. The van der Waals surface area contributed by atoms with E-state index in [-0.39, 0.29) is 0 Å². The van der Waals surface area contributed by atoms with Gasteiger partial charge < -0.3 is 15.4 Å². The molecule has 2 unspecified atom stereocenters. The van der Waals surface area contributed by atoms with E-state index >= 15 is 0 Å². The minimum Gasteiger partial charge on any atom is -0.474 e. The van der Waals surface area contributed by atoms with E-state index in [0.717, 1.165) is 42.7 Å². The van der Waals surface area contributed by atoms with Gasteiger partial charge in [0.1, 0.15) is 6.10 Å². The number of hydrogen-bond donors (Lipinski definition) is 2. The Morgan fingerprint density at radius 1 is 1.30 bits per heavy atom. The number of guanidine groups is 1. The first-order valence-corrected chi connectivity index (χ1v) is 8.83. The van der Waals surface area contributed by atoms with Gasteiger partial charge in [-0.15, -0.1) is 0 Å². The van der Waals surface area contributed by atoms with E-state index in [4.69, 9.17) is 4.74 Å². The first-order chi connectivity index (χ1) is 11.2. The molecule has 3 rings (SSSR count). The molecule has 0 amide bonds. The molecule has 5 heteroatoms. The van der Waals surface area contributed by atoms with E-state index in [1.54, 1.807) is 0 Å². The fourth-order valence-electron chi connectivity index (χ4n) is 3.02. The lowest BCUT2D eigenvalue weighted by atomic mass is 9.98. The summed E-state index contributed by atoms with van der Waals surface area (Å²) in [7, 11) is 1.81. The van der Waals surface area contributed by atoms with Crippen LogP contribution in [0.4, 0.5) is 0 Å². The second kappa shape index (κ2) is 7.66. The maximum Gasteiger partial charge on any atom is 0.213 e. The largest absolute Gasteiger partial charge is 0.474 e. The number of pyridine rings is 1. The minimum absolute atomic E-state index is 0.351. The third kappa shape index (κ3) is 4.85. The Labute approximate surface area is 138 Å². The number of hydrogen-bond acceptors (Lipinski definition) is 3. The molecule has 2 aliphatic carbocycles. The topological polar surface area (TPSA) is 58.5 Å². The molecule has 0 radical (unpaired) electrons. The van der Waals surface area contributed by atoms with Crippen molar-refractivity contribution in [3.63, 3.8) is 0 Å². The van der Waals surface area contributed by atoms with E-state index in [1.807, 2.05) is 19.3 Å². The highest BCUT2D eigenvalue weighted by Gasteiger charge is 2.33. The molecule has 1 aromatic rings. The molecule has 0 aromatic carbocycles. The van der Waals surface area contributed by atoms with Crippen molar-refractivity contribution in [1.82, 2.24) is 15.6 Å². The maximum atomic E-state index is 5.96. The van der Waals surface area contributed by atoms with Crippen molar-refractivity contribution in [2.24, 2.45) is 10.9 Å². The molecule has 0 aliphatic heterocycles. The van der Waals surface area contributed by atoms with Gasteiger partial charge in [-0.05, 0) is 43.6 Å². The van der Waals surface area contributed by atoms with Crippen molar-refractivity contribution in [3.8, 4) is 5.88 Å². The normalized spacial score (nSPS) is 25.0. The maximum absolute atomic E-state index is 5.96. The minimum atomic E-state index is 0.351. The molecule has 2 aliphatic rings. The lowest BCUT2D eigenvalue weighted by Crippen LogP contribution is -2.38. The van der Waals surface area contributed by atoms with Crippen molar-refractivity contribution < 1.29 is 4.74 Å². The summed E-state index contributed by atoms with van der Waals surface area (Å²) in [4.78, 5) is 8.70. The van der Waals surface area contributed by atoms with Gasteiger partial charge in [0.05, 0.1) is 0 Å². The Morgan fingerprint density at radius 2 is 2.09 bits per heavy atom.